The number of hydrogen-bond donors (Lipinski definition) is 1. The van der Waals surface area contributed by atoms with Crippen molar-refractivity contribution in [3.8, 4) is 11.4 Å². The van der Waals surface area contributed by atoms with Gasteiger partial charge in [-0.1, -0.05) is 5.16 Å². The van der Waals surface area contributed by atoms with E-state index in [0.29, 0.717) is 35.2 Å². The number of hydrogen-bond acceptors (Lipinski definition) is 7. The minimum Gasteiger partial charge on any atom is -0.339 e. The third-order valence-corrected chi connectivity index (χ3v) is 4.43. The molecule has 1 amide bonds. The van der Waals surface area contributed by atoms with Crippen LogP contribution < -0.4 is 5.32 Å². The second-order valence-electron chi connectivity index (χ2n) is 6.56. The zero-order valence-corrected chi connectivity index (χ0v) is 16.1. The molecule has 9 heteroatoms. The summed E-state index contributed by atoms with van der Waals surface area (Å²) in [7, 11) is 1.76. The van der Waals surface area contributed by atoms with E-state index in [9.17, 15) is 9.59 Å². The predicted octanol–water partition coefficient (Wildman–Crippen LogP) is 2.67. The molecular formula is C21H18N6O3. The van der Waals surface area contributed by atoms with Gasteiger partial charge in [-0.3, -0.25) is 14.6 Å². The molecule has 0 aliphatic heterocycles. The van der Waals surface area contributed by atoms with Gasteiger partial charge in [-0.2, -0.15) is 4.98 Å². The van der Waals surface area contributed by atoms with Gasteiger partial charge >= 0.3 is 0 Å². The lowest BCUT2D eigenvalue weighted by Crippen LogP contribution is -2.13. The molecular weight excluding hydrogens is 384 g/mol. The lowest BCUT2D eigenvalue weighted by Gasteiger charge is -2.06. The molecule has 0 aliphatic carbocycles. The van der Waals surface area contributed by atoms with Crippen LogP contribution in [0.2, 0.25) is 0 Å². The number of pyridine rings is 1. The average molecular weight is 402 g/mol. The van der Waals surface area contributed by atoms with Crippen LogP contribution in [0.15, 0.2) is 65.7 Å². The molecule has 1 aromatic carbocycles. The highest BCUT2D eigenvalue weighted by atomic mass is 16.5. The number of nitrogens with zero attached hydrogens (tertiary/aromatic N) is 5. The summed E-state index contributed by atoms with van der Waals surface area (Å²) in [5.74, 6) is 0.829. The van der Waals surface area contributed by atoms with Crippen molar-refractivity contribution in [2.24, 2.45) is 7.05 Å². The quantitative estimate of drug-likeness (QED) is 0.472. The highest BCUT2D eigenvalue weighted by Crippen LogP contribution is 2.16. The molecule has 3 heterocycles. The topological polar surface area (TPSA) is 116 Å². The molecule has 0 atom stereocenters. The van der Waals surface area contributed by atoms with E-state index >= 15 is 0 Å². The molecule has 0 saturated heterocycles. The first-order valence-electron chi connectivity index (χ1n) is 9.25. The zero-order chi connectivity index (χ0) is 20.9. The van der Waals surface area contributed by atoms with Crippen LogP contribution in [0, 0.1) is 0 Å². The first-order valence-corrected chi connectivity index (χ1v) is 9.25. The SMILES string of the molecule is Cn1ccnc1C(=O)c1ccc(NC(=O)CCc2nc(-c3ccncc3)no2)cc1. The Hall–Kier alpha value is -4.14. The minimum absolute atomic E-state index is 0.179. The van der Waals surface area contributed by atoms with Crippen LogP contribution in [-0.2, 0) is 18.3 Å². The summed E-state index contributed by atoms with van der Waals surface area (Å²) in [5.41, 5.74) is 1.89. The molecule has 0 aliphatic rings. The van der Waals surface area contributed by atoms with Crippen molar-refractivity contribution >= 4 is 17.4 Å². The van der Waals surface area contributed by atoms with Crippen molar-refractivity contribution in [1.82, 2.24) is 24.7 Å². The Labute approximate surface area is 171 Å². The van der Waals surface area contributed by atoms with E-state index in [4.69, 9.17) is 4.52 Å². The van der Waals surface area contributed by atoms with Crippen molar-refractivity contribution in [2.75, 3.05) is 5.32 Å². The van der Waals surface area contributed by atoms with Crippen LogP contribution in [0.25, 0.3) is 11.4 Å². The maximum absolute atomic E-state index is 12.4. The number of aryl methyl sites for hydroxylation is 2. The molecule has 0 bridgehead atoms. The van der Waals surface area contributed by atoms with Crippen LogP contribution in [0.1, 0.15) is 28.5 Å². The lowest BCUT2D eigenvalue weighted by atomic mass is 10.1. The van der Waals surface area contributed by atoms with E-state index in [1.165, 1.54) is 0 Å². The lowest BCUT2D eigenvalue weighted by molar-refractivity contribution is -0.116. The summed E-state index contributed by atoms with van der Waals surface area (Å²) in [6.45, 7) is 0. The fourth-order valence-corrected chi connectivity index (χ4v) is 2.84. The highest BCUT2D eigenvalue weighted by molar-refractivity contribution is 6.07. The van der Waals surface area contributed by atoms with Crippen LogP contribution in [0.5, 0.6) is 0 Å². The van der Waals surface area contributed by atoms with E-state index in [0.717, 1.165) is 5.56 Å². The van der Waals surface area contributed by atoms with E-state index < -0.39 is 0 Å². The summed E-state index contributed by atoms with van der Waals surface area (Å²) in [6.07, 6.45) is 7.09. The molecule has 4 aromatic rings. The van der Waals surface area contributed by atoms with Gasteiger partial charge in [0.05, 0.1) is 0 Å². The Morgan fingerprint density at radius 3 is 2.53 bits per heavy atom. The Morgan fingerprint density at radius 2 is 1.83 bits per heavy atom. The number of aromatic nitrogens is 5. The number of anilines is 1. The molecule has 30 heavy (non-hydrogen) atoms. The van der Waals surface area contributed by atoms with Gasteiger partial charge in [0.2, 0.25) is 23.4 Å². The third-order valence-electron chi connectivity index (χ3n) is 4.43. The van der Waals surface area contributed by atoms with Crippen molar-refractivity contribution in [2.45, 2.75) is 12.8 Å². The summed E-state index contributed by atoms with van der Waals surface area (Å²) in [5, 5.41) is 6.71. The van der Waals surface area contributed by atoms with Gasteiger partial charge < -0.3 is 14.4 Å². The number of amides is 1. The summed E-state index contributed by atoms with van der Waals surface area (Å²) < 4.78 is 6.86. The average Bonchev–Trinajstić information content (AvgIpc) is 3.42. The number of benzene rings is 1. The van der Waals surface area contributed by atoms with E-state index in [2.05, 4.69) is 25.4 Å². The molecule has 4 rings (SSSR count). The standard InChI is InChI=1S/C21H18N6O3/c1-27-13-12-23-21(27)19(29)14-2-4-16(5-3-14)24-17(28)6-7-18-25-20(26-30-18)15-8-10-22-11-9-15/h2-5,8-13H,6-7H2,1H3,(H,24,28). The maximum atomic E-state index is 12.4. The summed E-state index contributed by atoms with van der Waals surface area (Å²) in [4.78, 5) is 36.9. The molecule has 3 aromatic heterocycles. The second kappa shape index (κ2) is 8.48. The van der Waals surface area contributed by atoms with E-state index in [1.807, 2.05) is 0 Å². The van der Waals surface area contributed by atoms with E-state index in [-0.39, 0.29) is 18.1 Å². The Morgan fingerprint density at radius 1 is 1.07 bits per heavy atom. The van der Waals surface area contributed by atoms with Crippen molar-refractivity contribution in [3.63, 3.8) is 0 Å². The number of nitrogens with one attached hydrogen (secondary N) is 1. The number of imidazole rings is 1. The molecule has 0 unspecified atom stereocenters. The van der Waals surface area contributed by atoms with Crippen molar-refractivity contribution in [1.29, 1.82) is 0 Å². The highest BCUT2D eigenvalue weighted by Gasteiger charge is 2.14. The Kier molecular flexibility index (Phi) is 5.42. The first-order chi connectivity index (χ1) is 14.6. The first kappa shape index (κ1) is 19.2. The fourth-order valence-electron chi connectivity index (χ4n) is 2.84. The van der Waals surface area contributed by atoms with Crippen molar-refractivity contribution in [3.05, 3.63) is 78.5 Å². The van der Waals surface area contributed by atoms with Gasteiger partial charge in [-0.15, -0.1) is 0 Å². The smallest absolute Gasteiger partial charge is 0.228 e. The summed E-state index contributed by atoms with van der Waals surface area (Å²) >= 11 is 0. The molecule has 0 radical (unpaired) electrons. The van der Waals surface area contributed by atoms with Gasteiger partial charge in [-0.05, 0) is 36.4 Å². The summed E-state index contributed by atoms with van der Waals surface area (Å²) in [6, 6.07) is 10.2. The molecule has 0 spiro atoms. The molecule has 0 saturated carbocycles. The molecule has 150 valence electrons. The van der Waals surface area contributed by atoms with Gasteiger partial charge in [0.1, 0.15) is 0 Å². The van der Waals surface area contributed by atoms with Gasteiger partial charge in [0.25, 0.3) is 0 Å². The third kappa shape index (κ3) is 4.30. The molecule has 9 nitrogen and oxygen atoms in total. The van der Waals surface area contributed by atoms with Crippen LogP contribution in [0.3, 0.4) is 0 Å². The monoisotopic (exact) mass is 402 g/mol. The van der Waals surface area contributed by atoms with Crippen LogP contribution >= 0.6 is 0 Å². The Balaban J connectivity index is 1.32. The number of rotatable bonds is 7. The van der Waals surface area contributed by atoms with Crippen LogP contribution in [-0.4, -0.2) is 36.4 Å². The normalized spacial score (nSPS) is 10.7. The zero-order valence-electron chi connectivity index (χ0n) is 16.1. The van der Waals surface area contributed by atoms with Gasteiger partial charge in [0, 0.05) is 61.5 Å². The fraction of sp³-hybridized carbons (Fsp3) is 0.143. The second-order valence-corrected chi connectivity index (χ2v) is 6.56. The number of carbonyl (C=O) groups is 2. The van der Waals surface area contributed by atoms with Gasteiger partial charge in [-0.25, -0.2) is 4.98 Å². The molecule has 1 N–H and O–H groups in total. The van der Waals surface area contributed by atoms with Crippen molar-refractivity contribution < 1.29 is 14.1 Å². The number of ketones is 1. The predicted molar refractivity (Wildman–Crippen MR) is 108 cm³/mol. The largest absolute Gasteiger partial charge is 0.339 e. The van der Waals surface area contributed by atoms with Crippen LogP contribution in [0.4, 0.5) is 5.69 Å². The van der Waals surface area contributed by atoms with Gasteiger partial charge in [0.15, 0.2) is 5.82 Å². The molecule has 0 fully saturated rings. The van der Waals surface area contributed by atoms with E-state index in [1.54, 1.807) is 72.8 Å². The minimum atomic E-state index is -0.193. The Bertz CT molecular complexity index is 1160. The number of carbonyl (C=O) groups excluding carboxylic acids is 2. The maximum Gasteiger partial charge on any atom is 0.228 e.